The number of rotatable bonds is 1. The van der Waals surface area contributed by atoms with Crippen molar-refractivity contribution in [2.24, 2.45) is 0 Å². The number of piperazine rings is 1. The van der Waals surface area contributed by atoms with Crippen molar-refractivity contribution < 1.29 is 9.53 Å². The molecule has 1 N–H and O–H groups in total. The van der Waals surface area contributed by atoms with E-state index in [0.717, 1.165) is 29.7 Å². The Morgan fingerprint density at radius 3 is 2.52 bits per heavy atom. The molecule has 2 aliphatic rings. The Hall–Kier alpha value is -2.64. The van der Waals surface area contributed by atoms with Gasteiger partial charge in [0.05, 0.1) is 23.2 Å². The van der Waals surface area contributed by atoms with Crippen LogP contribution in [-0.4, -0.2) is 56.9 Å². The predicted molar refractivity (Wildman–Crippen MR) is 102 cm³/mol. The van der Waals surface area contributed by atoms with Gasteiger partial charge in [-0.2, -0.15) is 5.10 Å². The fourth-order valence-electron chi connectivity index (χ4n) is 4.05. The normalized spacial score (nSPS) is 22.4. The lowest BCUT2D eigenvalue weighted by Gasteiger charge is -2.41. The zero-order valence-corrected chi connectivity index (χ0v) is 16.2. The van der Waals surface area contributed by atoms with Crippen molar-refractivity contribution >= 4 is 22.7 Å². The highest BCUT2D eigenvalue weighted by atomic mass is 16.6. The molecule has 0 saturated carbocycles. The molecule has 1 amide bonds. The van der Waals surface area contributed by atoms with Gasteiger partial charge in [0.25, 0.3) is 5.56 Å². The van der Waals surface area contributed by atoms with Crippen LogP contribution in [0.2, 0.25) is 0 Å². The number of hydrogen-bond acceptors (Lipinski definition) is 6. The Labute approximate surface area is 157 Å². The van der Waals surface area contributed by atoms with Crippen molar-refractivity contribution in [1.82, 2.24) is 20.1 Å². The minimum absolute atomic E-state index is 0.105. The van der Waals surface area contributed by atoms with E-state index in [9.17, 15) is 9.59 Å². The van der Waals surface area contributed by atoms with Crippen LogP contribution >= 0.6 is 0 Å². The first-order valence-corrected chi connectivity index (χ1v) is 9.34. The Kier molecular flexibility index (Phi) is 4.09. The molecule has 4 heterocycles. The summed E-state index contributed by atoms with van der Waals surface area (Å²) in [6.07, 6.45) is 3.39. The number of aromatic amines is 1. The van der Waals surface area contributed by atoms with E-state index in [1.807, 2.05) is 38.7 Å². The SMILES string of the molecule is Cc1n[nH]c(=O)c2cc(N3CC4CCC(C3)N4C(=O)OC(C)(C)C)ncc12. The maximum absolute atomic E-state index is 12.6. The van der Waals surface area contributed by atoms with Crippen molar-refractivity contribution in [3.63, 3.8) is 0 Å². The molecule has 8 nitrogen and oxygen atoms in total. The lowest BCUT2D eigenvalue weighted by molar-refractivity contribution is 0.0123. The third-order valence-corrected chi connectivity index (χ3v) is 5.26. The predicted octanol–water partition coefficient (Wildman–Crippen LogP) is 2.21. The van der Waals surface area contributed by atoms with E-state index in [4.69, 9.17) is 4.74 Å². The van der Waals surface area contributed by atoms with E-state index in [1.54, 1.807) is 6.20 Å². The Balaban J connectivity index is 1.58. The molecular formula is C19H25N5O3. The maximum Gasteiger partial charge on any atom is 0.410 e. The van der Waals surface area contributed by atoms with Gasteiger partial charge in [0.15, 0.2) is 0 Å². The molecule has 2 saturated heterocycles. The third-order valence-electron chi connectivity index (χ3n) is 5.26. The summed E-state index contributed by atoms with van der Waals surface area (Å²) >= 11 is 0. The third kappa shape index (κ3) is 3.24. The number of amides is 1. The number of aromatic nitrogens is 3. The lowest BCUT2D eigenvalue weighted by atomic mass is 10.1. The summed E-state index contributed by atoms with van der Waals surface area (Å²) in [5.74, 6) is 0.763. The first-order chi connectivity index (χ1) is 12.7. The lowest BCUT2D eigenvalue weighted by Crippen LogP contribution is -2.57. The number of anilines is 1. The van der Waals surface area contributed by atoms with Crippen molar-refractivity contribution in [2.45, 2.75) is 58.2 Å². The molecule has 2 fully saturated rings. The number of aryl methyl sites for hydroxylation is 1. The van der Waals surface area contributed by atoms with Crippen molar-refractivity contribution in [3.8, 4) is 0 Å². The quantitative estimate of drug-likeness (QED) is 0.826. The van der Waals surface area contributed by atoms with Gasteiger partial charge in [0.1, 0.15) is 11.4 Å². The molecule has 2 aliphatic heterocycles. The number of hydrogen-bond donors (Lipinski definition) is 1. The molecular weight excluding hydrogens is 346 g/mol. The molecule has 0 aromatic carbocycles. The second kappa shape index (κ2) is 6.21. The highest BCUT2D eigenvalue weighted by Crippen LogP contribution is 2.33. The average Bonchev–Trinajstić information content (AvgIpc) is 2.87. The van der Waals surface area contributed by atoms with Gasteiger partial charge >= 0.3 is 6.09 Å². The number of nitrogens with zero attached hydrogens (tertiary/aromatic N) is 4. The summed E-state index contributed by atoms with van der Waals surface area (Å²) in [5, 5.41) is 7.87. The number of fused-ring (bicyclic) bond motifs is 3. The molecule has 2 bridgehead atoms. The molecule has 144 valence electrons. The van der Waals surface area contributed by atoms with Gasteiger partial charge in [-0.15, -0.1) is 0 Å². The van der Waals surface area contributed by atoms with Crippen molar-refractivity contribution in [1.29, 1.82) is 0 Å². The van der Waals surface area contributed by atoms with E-state index in [1.165, 1.54) is 0 Å². The number of pyridine rings is 1. The first kappa shape index (κ1) is 17.8. The summed E-state index contributed by atoms with van der Waals surface area (Å²) in [7, 11) is 0. The molecule has 2 unspecified atom stereocenters. The molecule has 0 spiro atoms. The molecule has 2 aromatic rings. The van der Waals surface area contributed by atoms with Gasteiger partial charge in [0.2, 0.25) is 0 Å². The Bertz CT molecular complexity index is 934. The summed E-state index contributed by atoms with van der Waals surface area (Å²) in [6.45, 7) is 8.88. The van der Waals surface area contributed by atoms with Crippen molar-refractivity contribution in [2.75, 3.05) is 18.0 Å². The van der Waals surface area contributed by atoms with Gasteiger partial charge < -0.3 is 9.64 Å². The Morgan fingerprint density at radius 2 is 1.89 bits per heavy atom. The topological polar surface area (TPSA) is 91.4 Å². The van der Waals surface area contributed by atoms with Crippen molar-refractivity contribution in [3.05, 3.63) is 28.3 Å². The standard InChI is InChI=1S/C19H25N5O3/c1-11-15-8-20-16(7-14(15)17(25)22-21-11)23-9-12-5-6-13(10-23)24(12)18(26)27-19(2,3)4/h7-8,12-13H,5-6,9-10H2,1-4H3,(H,22,25). The highest BCUT2D eigenvalue weighted by molar-refractivity contribution is 5.84. The molecule has 0 radical (unpaired) electrons. The van der Waals surface area contributed by atoms with Crippen LogP contribution in [0.1, 0.15) is 39.3 Å². The van der Waals surface area contributed by atoms with E-state index in [0.29, 0.717) is 18.5 Å². The smallest absolute Gasteiger partial charge is 0.410 e. The summed E-state index contributed by atoms with van der Waals surface area (Å²) in [4.78, 5) is 33.4. The molecule has 27 heavy (non-hydrogen) atoms. The fourth-order valence-corrected chi connectivity index (χ4v) is 4.05. The number of ether oxygens (including phenoxy) is 1. The van der Waals surface area contributed by atoms with Crippen LogP contribution in [0.4, 0.5) is 10.6 Å². The first-order valence-electron chi connectivity index (χ1n) is 9.34. The minimum Gasteiger partial charge on any atom is -0.444 e. The minimum atomic E-state index is -0.500. The Morgan fingerprint density at radius 1 is 1.22 bits per heavy atom. The average molecular weight is 371 g/mol. The molecule has 2 aromatic heterocycles. The van der Waals surface area contributed by atoms with Crippen LogP contribution < -0.4 is 10.5 Å². The van der Waals surface area contributed by atoms with Gasteiger partial charge in [-0.25, -0.2) is 14.9 Å². The summed E-state index contributed by atoms with van der Waals surface area (Å²) in [6, 6.07) is 2.04. The molecule has 2 atom stereocenters. The van der Waals surface area contributed by atoms with Crippen LogP contribution in [0.15, 0.2) is 17.1 Å². The summed E-state index contributed by atoms with van der Waals surface area (Å²) in [5.41, 5.74) is 0.0357. The van der Waals surface area contributed by atoms with Crippen LogP contribution in [0.3, 0.4) is 0 Å². The number of nitrogens with one attached hydrogen (secondary N) is 1. The van der Waals surface area contributed by atoms with E-state index in [2.05, 4.69) is 20.1 Å². The maximum atomic E-state index is 12.6. The van der Waals surface area contributed by atoms with Gasteiger partial charge in [-0.05, 0) is 46.6 Å². The molecule has 8 heteroatoms. The summed E-state index contributed by atoms with van der Waals surface area (Å²) < 4.78 is 5.59. The molecule has 0 aliphatic carbocycles. The van der Waals surface area contributed by atoms with Crippen LogP contribution in [-0.2, 0) is 4.74 Å². The van der Waals surface area contributed by atoms with Gasteiger partial charge in [-0.1, -0.05) is 0 Å². The zero-order chi connectivity index (χ0) is 19.3. The number of H-pyrrole nitrogens is 1. The zero-order valence-electron chi connectivity index (χ0n) is 16.2. The molecule has 4 rings (SSSR count). The van der Waals surface area contributed by atoms with Crippen LogP contribution in [0.25, 0.3) is 10.8 Å². The van der Waals surface area contributed by atoms with E-state index >= 15 is 0 Å². The number of carbonyl (C=O) groups excluding carboxylic acids is 1. The van der Waals surface area contributed by atoms with E-state index < -0.39 is 5.60 Å². The number of carbonyl (C=O) groups is 1. The van der Waals surface area contributed by atoms with Crippen LogP contribution in [0, 0.1) is 6.92 Å². The van der Waals surface area contributed by atoms with Gasteiger partial charge in [-0.3, -0.25) is 9.69 Å². The van der Waals surface area contributed by atoms with E-state index in [-0.39, 0.29) is 23.7 Å². The fraction of sp³-hybridized carbons (Fsp3) is 0.579. The largest absolute Gasteiger partial charge is 0.444 e. The monoisotopic (exact) mass is 371 g/mol. The second-order valence-electron chi connectivity index (χ2n) is 8.40. The van der Waals surface area contributed by atoms with Gasteiger partial charge in [0, 0.05) is 24.7 Å². The van der Waals surface area contributed by atoms with Crippen LogP contribution in [0.5, 0.6) is 0 Å². The second-order valence-corrected chi connectivity index (χ2v) is 8.40. The highest BCUT2D eigenvalue weighted by Gasteiger charge is 2.44.